The maximum Gasteiger partial charge on any atom is 2.00 e. The SMILES string of the molecule is Cc1c2ccccc2nn1-c1[c-]c(Oc2[c-]c(-n3cc4ccccc4n3)ccc2)ccc1.Cc1c2ccccc2nn1-c1[c-]c(Oc2[c-]c(-n3nc4ccccc4c3C)ccc2)ccc1.[Pt+2].[Pt+2].[Pt+2].[Pt+2].[c-]1c(Oc2[c-]c(-n3cc4ccccc4n3)ccc2)cccc1-n1cc2ccccc2n1.[c-]1c(Oc2[c-]c(-n3nc4ccccc4c3-c3ccccc3)ccc2)cccc1-n1nc2ccccc2c1-c1ccccc1. The second-order valence-electron chi connectivity index (χ2n) is 32.8. The second kappa shape index (κ2) is 42.8. The van der Waals surface area contributed by atoms with Crippen LogP contribution in [0.2, 0.25) is 0 Å². The van der Waals surface area contributed by atoms with E-state index >= 15 is 0 Å². The minimum atomic E-state index is 0. The molecule has 26 aromatic rings. The second-order valence-corrected chi connectivity index (χ2v) is 32.8. The van der Waals surface area contributed by atoms with Crippen LogP contribution in [0.25, 0.3) is 155 Å². The Kier molecular flexibility index (Phi) is 28.6. The molecule has 26 rings (SSSR count). The van der Waals surface area contributed by atoms with Gasteiger partial charge >= 0.3 is 84.3 Å². The van der Waals surface area contributed by atoms with Gasteiger partial charge in [0.2, 0.25) is 0 Å². The van der Waals surface area contributed by atoms with Crippen LogP contribution in [-0.4, -0.2) is 78.2 Å². The van der Waals surface area contributed by atoms with Crippen molar-refractivity contribution in [2.24, 2.45) is 0 Å². The van der Waals surface area contributed by atoms with E-state index in [9.17, 15) is 0 Å². The van der Waals surface area contributed by atoms with Crippen molar-refractivity contribution in [2.45, 2.75) is 20.8 Å². The van der Waals surface area contributed by atoms with Crippen molar-refractivity contribution < 1.29 is 103 Å². The maximum absolute atomic E-state index is 6.35. The predicted octanol–water partition coefficient (Wildman–Crippen LogP) is 27.3. The van der Waals surface area contributed by atoms with E-state index in [1.165, 1.54) is 0 Å². The van der Waals surface area contributed by atoms with Gasteiger partial charge in [0.1, 0.15) is 0 Å². The van der Waals surface area contributed by atoms with Gasteiger partial charge in [-0.25, -0.2) is 0 Å². The molecule has 24 heteroatoms. The van der Waals surface area contributed by atoms with Crippen molar-refractivity contribution >= 4 is 87.2 Å². The summed E-state index contributed by atoms with van der Waals surface area (Å²) in [6.45, 7) is 6.18. The zero-order valence-electron chi connectivity index (χ0n) is 76.4. The molecule has 0 aliphatic heterocycles. The van der Waals surface area contributed by atoms with E-state index < -0.39 is 0 Å². The molecule has 0 fully saturated rings. The first-order valence-corrected chi connectivity index (χ1v) is 45.2. The monoisotopic (exact) mass is 2570 g/mol. The third-order valence-electron chi connectivity index (χ3n) is 23.7. The topological polar surface area (TPSA) is 179 Å². The Morgan fingerprint density at radius 3 is 0.622 bits per heavy atom. The number of aryl methyl sites for hydroxylation is 3. The van der Waals surface area contributed by atoms with Gasteiger partial charge in [-0.15, -0.1) is 146 Å². The molecule has 0 saturated heterocycles. The molecule has 698 valence electrons. The molecule has 0 spiro atoms. The van der Waals surface area contributed by atoms with E-state index in [0.29, 0.717) is 46.0 Å². The van der Waals surface area contributed by atoms with Crippen LogP contribution < -0.4 is 18.9 Å². The number of hydrogen-bond donors (Lipinski definition) is 0. The predicted molar refractivity (Wildman–Crippen MR) is 545 cm³/mol. The van der Waals surface area contributed by atoms with Gasteiger partial charge in [0.05, 0.1) is 55.5 Å². The van der Waals surface area contributed by atoms with Gasteiger partial charge in [0.25, 0.3) is 0 Å². The van der Waals surface area contributed by atoms with Crippen molar-refractivity contribution in [3.63, 3.8) is 0 Å². The quantitative estimate of drug-likeness (QED) is 0.0743. The molecule has 143 heavy (non-hydrogen) atoms. The molecule has 0 amide bonds. The summed E-state index contributed by atoms with van der Waals surface area (Å²) in [5.74, 6) is 4.71. The molecule has 0 unspecified atom stereocenters. The van der Waals surface area contributed by atoms with Crippen molar-refractivity contribution in [1.29, 1.82) is 0 Å². The smallest absolute Gasteiger partial charge is 0.509 e. The summed E-state index contributed by atoms with van der Waals surface area (Å²) in [5.41, 5.74) is 21.4. The maximum atomic E-state index is 6.35. The molecule has 0 bridgehead atoms. The van der Waals surface area contributed by atoms with Gasteiger partial charge in [0, 0.05) is 136 Å². The van der Waals surface area contributed by atoms with Crippen molar-refractivity contribution in [3.8, 4) is 114 Å². The number of fused-ring (bicyclic) bond motifs is 8. The molecule has 0 saturated carbocycles. The summed E-state index contributed by atoms with van der Waals surface area (Å²) in [4.78, 5) is 0. The molecule has 18 aromatic carbocycles. The molecule has 8 aromatic heterocycles. The Morgan fingerprint density at radius 2 is 0.371 bits per heavy atom. The van der Waals surface area contributed by atoms with Crippen LogP contribution in [0, 0.1) is 69.3 Å². The van der Waals surface area contributed by atoms with Crippen LogP contribution in [0.5, 0.6) is 46.0 Å². The Hall–Kier alpha value is -16.3. The number of benzene rings is 18. The van der Waals surface area contributed by atoms with Crippen molar-refractivity contribution in [2.75, 3.05) is 0 Å². The number of nitrogens with zero attached hydrogens (tertiary/aromatic N) is 16. The van der Waals surface area contributed by atoms with E-state index in [-0.39, 0.29) is 84.3 Å². The molecular formula is C119H78N16O4Pt4. The summed E-state index contributed by atoms with van der Waals surface area (Å²) in [6.07, 6.45) is 5.96. The Morgan fingerprint density at radius 1 is 0.175 bits per heavy atom. The first-order chi connectivity index (χ1) is 68.5. The fourth-order valence-electron chi connectivity index (χ4n) is 17.1. The third-order valence-corrected chi connectivity index (χ3v) is 23.7. The summed E-state index contributed by atoms with van der Waals surface area (Å²) in [6, 6.07) is 158. The fourth-order valence-corrected chi connectivity index (χ4v) is 17.1. The van der Waals surface area contributed by atoms with E-state index in [1.54, 1.807) is 0 Å². The van der Waals surface area contributed by atoms with E-state index in [1.807, 2.05) is 402 Å². The summed E-state index contributed by atoms with van der Waals surface area (Å²) < 4.78 is 39.7. The average molecular weight is 2580 g/mol. The van der Waals surface area contributed by atoms with E-state index in [2.05, 4.69) is 139 Å². The Labute approximate surface area is 880 Å². The minimum Gasteiger partial charge on any atom is -0.509 e. The first-order valence-electron chi connectivity index (χ1n) is 45.2. The zero-order valence-corrected chi connectivity index (χ0v) is 85.5. The van der Waals surface area contributed by atoms with Crippen molar-refractivity contribution in [3.05, 3.63) is 485 Å². The normalized spacial score (nSPS) is 11.0. The Bertz CT molecular complexity index is 8540. The summed E-state index contributed by atoms with van der Waals surface area (Å²) in [5, 5.41) is 46.7. The molecule has 0 aliphatic rings. The fraction of sp³-hybridized carbons (Fsp3) is 0.0252. The average Bonchev–Trinajstić information content (AvgIpc) is 1.61. The van der Waals surface area contributed by atoms with Crippen LogP contribution >= 0.6 is 0 Å². The van der Waals surface area contributed by atoms with Crippen LogP contribution in [0.15, 0.2) is 419 Å². The molecule has 8 heterocycles. The molecular weight excluding hydrogens is 2500 g/mol. The zero-order chi connectivity index (χ0) is 93.1. The largest absolute Gasteiger partial charge is 2.00 e. The van der Waals surface area contributed by atoms with Gasteiger partial charge in [-0.2, -0.15) is 89.3 Å². The minimum absolute atomic E-state index is 0. The van der Waals surface area contributed by atoms with E-state index in [4.69, 9.17) is 44.4 Å². The molecule has 0 radical (unpaired) electrons. The van der Waals surface area contributed by atoms with Crippen LogP contribution in [0.1, 0.15) is 17.1 Å². The summed E-state index contributed by atoms with van der Waals surface area (Å²) >= 11 is 0. The van der Waals surface area contributed by atoms with Crippen LogP contribution in [0.4, 0.5) is 0 Å². The number of rotatable bonds is 18. The first kappa shape index (κ1) is 95.6. The molecule has 0 N–H and O–H groups in total. The number of hydrogen-bond acceptors (Lipinski definition) is 12. The van der Waals surface area contributed by atoms with Crippen LogP contribution in [-0.2, 0) is 84.3 Å². The van der Waals surface area contributed by atoms with Gasteiger partial charge in [0.15, 0.2) is 0 Å². The molecule has 0 atom stereocenters. The van der Waals surface area contributed by atoms with Gasteiger partial charge < -0.3 is 18.9 Å². The van der Waals surface area contributed by atoms with Gasteiger partial charge in [-0.1, -0.05) is 206 Å². The standard InChI is InChI=1S/C38H24N4O.C28H20N4O.C27H18N4O.C26H16N4O.4Pt/c1-3-13-27(14-4-1)37-33-21-7-9-23-35(33)39-41(37)29-17-11-19-31(25-29)43-32-20-12-18-30(26-32)42-38(28-15-5-2-6-16-28)34-22-8-10-24-36(34)40-42;1-19-25-13-3-5-15-27(25)29-31(19)21-9-7-11-23(17-21)33-24-12-8-10-22(18-24)32-20(2)26-14-4-6-16-28(26)30-32;1-19-25-13-3-5-15-27(25)29-31(19)22-10-7-12-24(17-22)32-23-11-6-9-21(16-23)30-18-20-8-2-4-14-26(20)28-30;1-3-13-25-19(7-1)17-29(27-25)21-9-5-11-23(15-21)31-24-12-6-10-22(16-24)30-18-20-8-2-4-14-26(20)28-30;;;;/h1-24H;3-16H,1-2H3;2-15,18H,1H3;1-14,17-18H;;;;/q4*-2;4*+2. The number of ether oxygens (including phenoxy) is 4. The Balaban J connectivity index is 0.000000121. The van der Waals surface area contributed by atoms with Gasteiger partial charge in [-0.05, 0) is 115 Å². The van der Waals surface area contributed by atoms with Crippen molar-refractivity contribution in [1.82, 2.24) is 78.2 Å². The third kappa shape index (κ3) is 20.3. The van der Waals surface area contributed by atoms with E-state index in [0.717, 1.165) is 172 Å². The summed E-state index contributed by atoms with van der Waals surface area (Å²) in [7, 11) is 0. The molecule has 0 aliphatic carbocycles. The van der Waals surface area contributed by atoms with Crippen LogP contribution in [0.3, 0.4) is 0 Å². The molecule has 20 nitrogen and oxygen atoms in total. The van der Waals surface area contributed by atoms with Gasteiger partial charge in [-0.3, -0.25) is 37.5 Å². The number of aromatic nitrogens is 16.